The molecule has 0 bridgehead atoms. The van der Waals surface area contributed by atoms with Crippen molar-refractivity contribution >= 4 is 17.0 Å². The molecule has 150 valence electrons. The van der Waals surface area contributed by atoms with Gasteiger partial charge in [0.25, 0.3) is 11.6 Å². The number of aromatic nitrogens is 2. The minimum atomic E-state index is -4.41. The SMILES string of the molecule is Cc1cc(-c2cc(C(=O)NCCOCC(F)(F)F)c3c(C)noc3n2)c(C)o1. The van der Waals surface area contributed by atoms with Crippen LogP contribution < -0.4 is 5.32 Å². The number of nitrogens with one attached hydrogen (secondary N) is 1. The number of fused-ring (bicyclic) bond motifs is 1. The molecule has 7 nitrogen and oxygen atoms in total. The summed E-state index contributed by atoms with van der Waals surface area (Å²) in [5, 5.41) is 6.83. The van der Waals surface area contributed by atoms with Gasteiger partial charge < -0.3 is 19.0 Å². The second-order valence-corrected chi connectivity index (χ2v) is 6.25. The van der Waals surface area contributed by atoms with E-state index in [9.17, 15) is 18.0 Å². The van der Waals surface area contributed by atoms with E-state index in [1.165, 1.54) is 0 Å². The number of pyridine rings is 1. The van der Waals surface area contributed by atoms with Gasteiger partial charge in [0.1, 0.15) is 18.1 Å². The highest BCUT2D eigenvalue weighted by atomic mass is 19.4. The Balaban J connectivity index is 1.84. The first-order valence-electron chi connectivity index (χ1n) is 8.43. The fraction of sp³-hybridized carbons (Fsp3) is 0.389. The van der Waals surface area contributed by atoms with Gasteiger partial charge in [-0.2, -0.15) is 13.2 Å². The minimum Gasteiger partial charge on any atom is -0.466 e. The third kappa shape index (κ3) is 4.33. The third-order valence-electron chi connectivity index (χ3n) is 3.98. The molecule has 3 aromatic rings. The summed E-state index contributed by atoms with van der Waals surface area (Å²) in [6.07, 6.45) is -4.41. The van der Waals surface area contributed by atoms with Gasteiger partial charge in [0, 0.05) is 12.1 Å². The highest BCUT2D eigenvalue weighted by Gasteiger charge is 2.27. The summed E-state index contributed by atoms with van der Waals surface area (Å²) in [5.74, 6) is 0.830. The molecule has 1 N–H and O–H groups in total. The first-order valence-corrected chi connectivity index (χ1v) is 8.43. The van der Waals surface area contributed by atoms with Crippen molar-refractivity contribution in [1.29, 1.82) is 0 Å². The molecule has 0 saturated carbocycles. The van der Waals surface area contributed by atoms with Gasteiger partial charge in [-0.15, -0.1) is 0 Å². The first kappa shape index (κ1) is 19.9. The van der Waals surface area contributed by atoms with E-state index in [1.807, 2.05) is 0 Å². The van der Waals surface area contributed by atoms with Crippen molar-refractivity contribution in [3.05, 3.63) is 34.9 Å². The van der Waals surface area contributed by atoms with E-state index < -0.39 is 18.7 Å². The van der Waals surface area contributed by atoms with Crippen LogP contribution in [0.5, 0.6) is 0 Å². The van der Waals surface area contributed by atoms with E-state index in [4.69, 9.17) is 8.94 Å². The van der Waals surface area contributed by atoms with Crippen molar-refractivity contribution in [2.75, 3.05) is 19.8 Å². The van der Waals surface area contributed by atoms with Gasteiger partial charge in [-0.3, -0.25) is 4.79 Å². The molecule has 28 heavy (non-hydrogen) atoms. The van der Waals surface area contributed by atoms with Crippen molar-refractivity contribution in [2.45, 2.75) is 26.9 Å². The Morgan fingerprint density at radius 1 is 1.25 bits per heavy atom. The molecule has 0 aliphatic rings. The molecule has 0 fully saturated rings. The van der Waals surface area contributed by atoms with Crippen LogP contribution >= 0.6 is 0 Å². The maximum Gasteiger partial charge on any atom is 0.411 e. The number of rotatable bonds is 6. The van der Waals surface area contributed by atoms with Gasteiger partial charge in [-0.05, 0) is 32.9 Å². The van der Waals surface area contributed by atoms with Crippen LogP contribution in [0.2, 0.25) is 0 Å². The second kappa shape index (κ2) is 7.63. The summed E-state index contributed by atoms with van der Waals surface area (Å²) < 4.78 is 51.5. The van der Waals surface area contributed by atoms with E-state index in [0.717, 1.165) is 0 Å². The minimum absolute atomic E-state index is 0.0811. The van der Waals surface area contributed by atoms with Crippen LogP contribution in [-0.2, 0) is 4.74 Å². The van der Waals surface area contributed by atoms with Crippen molar-refractivity contribution in [3.8, 4) is 11.3 Å². The number of halogens is 3. The Morgan fingerprint density at radius 3 is 2.64 bits per heavy atom. The quantitative estimate of drug-likeness (QED) is 0.638. The summed E-state index contributed by atoms with van der Waals surface area (Å²) in [6, 6.07) is 3.37. The first-order chi connectivity index (χ1) is 13.2. The predicted octanol–water partition coefficient (Wildman–Crippen LogP) is 3.72. The molecule has 1 amide bonds. The molecule has 0 saturated heterocycles. The van der Waals surface area contributed by atoms with Gasteiger partial charge in [-0.25, -0.2) is 4.98 Å². The number of carbonyl (C=O) groups is 1. The summed E-state index contributed by atoms with van der Waals surface area (Å²) in [7, 11) is 0. The summed E-state index contributed by atoms with van der Waals surface area (Å²) in [6.45, 7) is 3.52. The number of furan rings is 1. The third-order valence-corrected chi connectivity index (χ3v) is 3.98. The average molecular weight is 397 g/mol. The van der Waals surface area contributed by atoms with Gasteiger partial charge in [0.15, 0.2) is 0 Å². The zero-order valence-electron chi connectivity index (χ0n) is 15.4. The number of ether oxygens (including phenoxy) is 1. The van der Waals surface area contributed by atoms with Gasteiger partial charge in [0.05, 0.1) is 28.9 Å². The fourth-order valence-corrected chi connectivity index (χ4v) is 2.82. The number of hydrogen-bond acceptors (Lipinski definition) is 6. The Hall–Kier alpha value is -2.88. The van der Waals surface area contributed by atoms with Crippen molar-refractivity contribution < 1.29 is 31.6 Å². The lowest BCUT2D eigenvalue weighted by Gasteiger charge is -2.10. The molecule has 0 atom stereocenters. The van der Waals surface area contributed by atoms with Crippen LogP contribution in [0.25, 0.3) is 22.4 Å². The fourth-order valence-electron chi connectivity index (χ4n) is 2.82. The van der Waals surface area contributed by atoms with Crippen molar-refractivity contribution in [2.24, 2.45) is 0 Å². The standard InChI is InChI=1S/C18H18F3N3O4/c1-9-6-12(11(3)27-9)14-7-13(15-10(2)24-28-17(15)23-14)16(25)22-4-5-26-8-18(19,20)21/h6-7H,4-5,8H2,1-3H3,(H,22,25). The van der Waals surface area contributed by atoms with Gasteiger partial charge in [-0.1, -0.05) is 5.16 Å². The van der Waals surface area contributed by atoms with Crippen LogP contribution in [0.15, 0.2) is 21.1 Å². The molecule has 3 aromatic heterocycles. The maximum absolute atomic E-state index is 12.6. The normalized spacial score (nSPS) is 11.9. The maximum atomic E-state index is 12.6. The Morgan fingerprint density at radius 2 is 2.00 bits per heavy atom. The van der Waals surface area contributed by atoms with E-state index in [2.05, 4.69) is 20.2 Å². The van der Waals surface area contributed by atoms with Gasteiger partial charge >= 0.3 is 6.18 Å². The van der Waals surface area contributed by atoms with E-state index in [-0.39, 0.29) is 24.4 Å². The number of carbonyl (C=O) groups excluding carboxylic acids is 1. The number of amides is 1. The topological polar surface area (TPSA) is 90.4 Å². The van der Waals surface area contributed by atoms with Crippen LogP contribution in [-0.4, -0.2) is 42.0 Å². The summed E-state index contributed by atoms with van der Waals surface area (Å²) in [5.41, 5.74) is 2.10. The molecule has 0 aliphatic heterocycles. The lowest BCUT2D eigenvalue weighted by molar-refractivity contribution is -0.173. The number of aryl methyl sites for hydroxylation is 3. The molecule has 0 radical (unpaired) electrons. The van der Waals surface area contributed by atoms with Crippen LogP contribution in [0.1, 0.15) is 27.6 Å². The second-order valence-electron chi connectivity index (χ2n) is 6.25. The molecule has 3 rings (SSSR count). The Bertz CT molecular complexity index is 1010. The summed E-state index contributed by atoms with van der Waals surface area (Å²) in [4.78, 5) is 17.0. The zero-order chi connectivity index (χ0) is 20.5. The van der Waals surface area contributed by atoms with Gasteiger partial charge in [0.2, 0.25) is 0 Å². The predicted molar refractivity (Wildman–Crippen MR) is 92.9 cm³/mol. The average Bonchev–Trinajstić information content (AvgIpc) is 3.14. The monoisotopic (exact) mass is 397 g/mol. The largest absolute Gasteiger partial charge is 0.466 e. The molecular formula is C18H18F3N3O4. The molecular weight excluding hydrogens is 379 g/mol. The number of nitrogens with zero attached hydrogens (tertiary/aromatic N) is 2. The highest BCUT2D eigenvalue weighted by Crippen LogP contribution is 2.30. The lowest BCUT2D eigenvalue weighted by atomic mass is 10.1. The molecule has 0 spiro atoms. The number of hydrogen-bond donors (Lipinski definition) is 1. The smallest absolute Gasteiger partial charge is 0.411 e. The molecule has 10 heteroatoms. The van der Waals surface area contributed by atoms with E-state index >= 15 is 0 Å². The van der Waals surface area contributed by atoms with Crippen LogP contribution in [0.4, 0.5) is 13.2 Å². The molecule has 0 aromatic carbocycles. The van der Waals surface area contributed by atoms with Crippen LogP contribution in [0, 0.1) is 20.8 Å². The number of alkyl halides is 3. The van der Waals surface area contributed by atoms with Crippen LogP contribution in [0.3, 0.4) is 0 Å². The van der Waals surface area contributed by atoms with E-state index in [0.29, 0.717) is 33.9 Å². The Kier molecular flexibility index (Phi) is 5.41. The lowest BCUT2D eigenvalue weighted by Crippen LogP contribution is -2.29. The Labute approximate surface area is 157 Å². The summed E-state index contributed by atoms with van der Waals surface area (Å²) >= 11 is 0. The van der Waals surface area contributed by atoms with Crippen molar-refractivity contribution in [1.82, 2.24) is 15.5 Å². The highest BCUT2D eigenvalue weighted by molar-refractivity contribution is 6.07. The molecule has 0 unspecified atom stereocenters. The van der Waals surface area contributed by atoms with Crippen molar-refractivity contribution in [3.63, 3.8) is 0 Å². The molecule has 0 aliphatic carbocycles. The molecule has 3 heterocycles. The zero-order valence-corrected chi connectivity index (χ0v) is 15.4. The van der Waals surface area contributed by atoms with E-state index in [1.54, 1.807) is 32.9 Å².